The second kappa shape index (κ2) is 10.2. The molecular weight excluding hydrogens is 514 g/mol. The first kappa shape index (κ1) is 25.3. The van der Waals surface area contributed by atoms with Gasteiger partial charge < -0.3 is 9.47 Å². The van der Waals surface area contributed by atoms with Crippen molar-refractivity contribution >= 4 is 26.3 Å². The summed E-state index contributed by atoms with van der Waals surface area (Å²) in [6.45, 7) is 4.09. The minimum Gasteiger partial charge on any atom is -0.497 e. The van der Waals surface area contributed by atoms with Crippen molar-refractivity contribution in [3.63, 3.8) is 0 Å². The molecule has 0 unspecified atom stereocenters. The highest BCUT2D eigenvalue weighted by atomic mass is 32.2. The Bertz CT molecular complexity index is 1590. The third kappa shape index (κ3) is 5.10. The van der Waals surface area contributed by atoms with Crippen molar-refractivity contribution in [3.8, 4) is 22.1 Å². The molecule has 1 aliphatic rings. The van der Waals surface area contributed by atoms with Gasteiger partial charge in [0.15, 0.2) is 0 Å². The number of hydrogen-bond acceptors (Lipinski definition) is 9. The van der Waals surface area contributed by atoms with E-state index in [-0.39, 0.29) is 16.2 Å². The summed E-state index contributed by atoms with van der Waals surface area (Å²) in [6, 6.07) is 14.2. The van der Waals surface area contributed by atoms with Crippen LogP contribution in [0.2, 0.25) is 0 Å². The van der Waals surface area contributed by atoms with Crippen LogP contribution in [0, 0.1) is 6.92 Å². The second-order valence-corrected chi connectivity index (χ2v) is 11.6. The lowest BCUT2D eigenvalue weighted by Crippen LogP contribution is -2.48. The first-order valence-electron chi connectivity index (χ1n) is 11.7. The fourth-order valence-corrected chi connectivity index (χ4v) is 6.75. The maximum atomic E-state index is 13.3. The third-order valence-electron chi connectivity index (χ3n) is 6.30. The number of aromatic nitrogens is 3. The van der Waals surface area contributed by atoms with E-state index in [9.17, 15) is 13.2 Å². The van der Waals surface area contributed by atoms with Crippen molar-refractivity contribution in [1.82, 2.24) is 23.8 Å². The fourth-order valence-electron chi connectivity index (χ4n) is 4.23. The van der Waals surface area contributed by atoms with E-state index in [2.05, 4.69) is 15.0 Å². The Kier molecular flexibility index (Phi) is 6.99. The molecule has 2 aromatic carbocycles. The van der Waals surface area contributed by atoms with Gasteiger partial charge in [0, 0.05) is 50.4 Å². The monoisotopic (exact) mass is 541 g/mol. The van der Waals surface area contributed by atoms with E-state index in [0.29, 0.717) is 49.1 Å². The third-order valence-corrected chi connectivity index (χ3v) is 9.18. The molecule has 0 N–H and O–H groups in total. The predicted octanol–water partition coefficient (Wildman–Crippen LogP) is 2.65. The first-order chi connectivity index (χ1) is 17.8. The molecule has 0 spiro atoms. The summed E-state index contributed by atoms with van der Waals surface area (Å²) in [5.41, 5.74) is 2.49. The van der Waals surface area contributed by atoms with Crippen molar-refractivity contribution in [1.29, 1.82) is 0 Å². The smallest absolute Gasteiger partial charge is 0.275 e. The van der Waals surface area contributed by atoms with Gasteiger partial charge in [0.05, 0.1) is 19.9 Å². The number of benzene rings is 2. The van der Waals surface area contributed by atoms with Gasteiger partial charge in [-0.15, -0.1) is 0 Å². The summed E-state index contributed by atoms with van der Waals surface area (Å²) >= 11 is 1.37. The Morgan fingerprint density at radius 1 is 0.973 bits per heavy atom. The van der Waals surface area contributed by atoms with Crippen LogP contribution in [0.3, 0.4) is 0 Å². The molecule has 0 aliphatic carbocycles. The molecule has 3 heterocycles. The summed E-state index contributed by atoms with van der Waals surface area (Å²) in [4.78, 5) is 20.1. The van der Waals surface area contributed by atoms with Crippen LogP contribution in [0.1, 0.15) is 11.3 Å². The Morgan fingerprint density at radius 2 is 1.70 bits per heavy atom. The highest BCUT2D eigenvalue weighted by Gasteiger charge is 2.31. The van der Waals surface area contributed by atoms with Gasteiger partial charge in [0.25, 0.3) is 5.56 Å². The van der Waals surface area contributed by atoms with Crippen LogP contribution >= 0.6 is 11.3 Å². The molecule has 12 heteroatoms. The van der Waals surface area contributed by atoms with E-state index in [1.54, 1.807) is 12.1 Å². The highest BCUT2D eigenvalue weighted by molar-refractivity contribution is 7.89. The van der Waals surface area contributed by atoms with Crippen molar-refractivity contribution in [2.45, 2.75) is 18.4 Å². The number of fused-ring (bicyclic) bond motifs is 1. The van der Waals surface area contributed by atoms with Gasteiger partial charge in [-0.2, -0.15) is 13.9 Å². The second-order valence-electron chi connectivity index (χ2n) is 8.75. The number of piperazine rings is 1. The Labute approximate surface area is 218 Å². The summed E-state index contributed by atoms with van der Waals surface area (Å²) in [7, 11) is -0.837. The zero-order valence-electron chi connectivity index (χ0n) is 20.7. The van der Waals surface area contributed by atoms with Crippen LogP contribution in [0.25, 0.3) is 15.5 Å². The van der Waals surface area contributed by atoms with E-state index < -0.39 is 10.0 Å². The Balaban J connectivity index is 1.30. The molecule has 1 saturated heterocycles. The summed E-state index contributed by atoms with van der Waals surface area (Å²) in [5.74, 6) is 0.718. The number of aryl methyl sites for hydroxylation is 1. The molecule has 4 aromatic rings. The van der Waals surface area contributed by atoms with Crippen LogP contribution in [-0.2, 0) is 16.6 Å². The fraction of sp³-hybridized carbons (Fsp3) is 0.320. The lowest BCUT2D eigenvalue weighted by atomic mass is 10.2. The van der Waals surface area contributed by atoms with Gasteiger partial charge >= 0.3 is 0 Å². The van der Waals surface area contributed by atoms with E-state index in [0.717, 1.165) is 16.1 Å². The van der Waals surface area contributed by atoms with Crippen LogP contribution < -0.4 is 15.0 Å². The topological polar surface area (TPSA) is 106 Å². The molecule has 2 aromatic heterocycles. The zero-order chi connectivity index (χ0) is 26.2. The first-order valence-corrected chi connectivity index (χ1v) is 14.0. The summed E-state index contributed by atoms with van der Waals surface area (Å²) in [6.07, 6.45) is 0. The van der Waals surface area contributed by atoms with E-state index >= 15 is 0 Å². The molecule has 0 saturated carbocycles. The van der Waals surface area contributed by atoms with Gasteiger partial charge in [0.1, 0.15) is 21.4 Å². The predicted molar refractivity (Wildman–Crippen MR) is 141 cm³/mol. The number of rotatable bonds is 7. The number of methoxy groups -OCH3 is 2. The van der Waals surface area contributed by atoms with Crippen molar-refractivity contribution in [2.24, 2.45) is 0 Å². The largest absolute Gasteiger partial charge is 0.497 e. The van der Waals surface area contributed by atoms with E-state index in [1.807, 2.05) is 31.2 Å². The standard InChI is InChI=1S/C25H27N5O5S2/c1-17-4-6-18(7-5-17)24-27-30-23(31)14-19(26-25(30)36-24)16-28-10-12-29(13-11-28)37(32,33)22-15-20(34-2)8-9-21(22)35-3/h4-9,14-15H,10-13,16H2,1-3H3. The van der Waals surface area contributed by atoms with E-state index in [4.69, 9.17) is 9.47 Å². The molecule has 5 rings (SSSR count). The normalized spacial score (nSPS) is 15.2. The van der Waals surface area contributed by atoms with Gasteiger partial charge in [-0.3, -0.25) is 9.69 Å². The molecule has 0 bridgehead atoms. The minimum atomic E-state index is -3.77. The molecule has 194 valence electrons. The van der Waals surface area contributed by atoms with Crippen LogP contribution in [0.15, 0.2) is 58.2 Å². The molecule has 0 amide bonds. The lowest BCUT2D eigenvalue weighted by molar-refractivity contribution is 0.179. The van der Waals surface area contributed by atoms with Crippen LogP contribution in [0.5, 0.6) is 11.5 Å². The van der Waals surface area contributed by atoms with Gasteiger partial charge in [-0.1, -0.05) is 41.2 Å². The SMILES string of the molecule is COc1ccc(OC)c(S(=O)(=O)N2CCN(Cc3cc(=O)n4nc(-c5ccc(C)cc5)sc4n3)CC2)c1. The number of ether oxygens (including phenoxy) is 2. The summed E-state index contributed by atoms with van der Waals surface area (Å²) in [5, 5.41) is 5.18. The number of sulfonamides is 1. The average Bonchev–Trinajstić information content (AvgIpc) is 3.34. The maximum Gasteiger partial charge on any atom is 0.275 e. The zero-order valence-corrected chi connectivity index (χ0v) is 22.4. The number of nitrogens with zero attached hydrogens (tertiary/aromatic N) is 5. The maximum absolute atomic E-state index is 13.3. The van der Waals surface area contributed by atoms with Crippen molar-refractivity contribution < 1.29 is 17.9 Å². The van der Waals surface area contributed by atoms with Gasteiger partial charge in [-0.25, -0.2) is 13.4 Å². The van der Waals surface area contributed by atoms with Crippen LogP contribution in [-0.4, -0.2) is 72.6 Å². The lowest BCUT2D eigenvalue weighted by Gasteiger charge is -2.34. The molecule has 0 atom stereocenters. The van der Waals surface area contributed by atoms with E-state index in [1.165, 1.54) is 46.5 Å². The average molecular weight is 542 g/mol. The van der Waals surface area contributed by atoms with Gasteiger partial charge in [0.2, 0.25) is 15.0 Å². The molecule has 37 heavy (non-hydrogen) atoms. The van der Waals surface area contributed by atoms with Gasteiger partial charge in [-0.05, 0) is 19.1 Å². The minimum absolute atomic E-state index is 0.0810. The van der Waals surface area contributed by atoms with Crippen LogP contribution in [0.4, 0.5) is 0 Å². The summed E-state index contributed by atoms with van der Waals surface area (Å²) < 4.78 is 39.9. The quantitative estimate of drug-likeness (QED) is 0.352. The molecule has 10 nitrogen and oxygen atoms in total. The molecule has 1 fully saturated rings. The molecular formula is C25H27N5O5S2. The highest BCUT2D eigenvalue weighted by Crippen LogP contribution is 2.31. The Morgan fingerprint density at radius 3 is 2.38 bits per heavy atom. The molecule has 1 aliphatic heterocycles. The Hall–Kier alpha value is -3.32. The molecule has 0 radical (unpaired) electrons. The van der Waals surface area contributed by atoms with Crippen molar-refractivity contribution in [3.05, 3.63) is 70.1 Å². The number of hydrogen-bond donors (Lipinski definition) is 0. The van der Waals surface area contributed by atoms with Crippen molar-refractivity contribution in [2.75, 3.05) is 40.4 Å².